The molecule has 0 atom stereocenters. The topological polar surface area (TPSA) is 50.2 Å². The highest BCUT2D eigenvalue weighted by Gasteiger charge is 2.14. The monoisotopic (exact) mass is 432 g/mol. The fourth-order valence-corrected chi connectivity index (χ4v) is 5.01. The number of benzene rings is 2. The molecule has 0 spiro atoms. The number of thioether (sulfide) groups is 1. The van der Waals surface area contributed by atoms with Crippen LogP contribution < -0.4 is 5.43 Å². The number of nitrogens with one attached hydrogen (secondary N) is 1. The van der Waals surface area contributed by atoms with Gasteiger partial charge in [0.15, 0.2) is 0 Å². The Labute approximate surface area is 185 Å². The van der Waals surface area contributed by atoms with Crippen molar-refractivity contribution in [1.29, 1.82) is 0 Å². The number of nitrogens with zero attached hydrogens (tertiary/aromatic N) is 3. The van der Waals surface area contributed by atoms with E-state index in [1.54, 1.807) is 23.1 Å². The van der Waals surface area contributed by atoms with Gasteiger partial charge in [-0.3, -0.25) is 10.4 Å². The third-order valence-corrected chi connectivity index (χ3v) is 6.65. The Kier molecular flexibility index (Phi) is 6.16. The molecule has 4 rings (SSSR count). The number of rotatable bonds is 6. The van der Waals surface area contributed by atoms with Crippen molar-refractivity contribution in [2.24, 2.45) is 5.10 Å². The van der Waals surface area contributed by atoms with E-state index in [0.29, 0.717) is 0 Å². The summed E-state index contributed by atoms with van der Waals surface area (Å²) in [5, 5.41) is 8.65. The Balaban J connectivity index is 1.56. The predicted molar refractivity (Wildman–Crippen MR) is 131 cm³/mol. The van der Waals surface area contributed by atoms with Crippen molar-refractivity contribution in [3.05, 3.63) is 70.7 Å². The van der Waals surface area contributed by atoms with Crippen LogP contribution in [0.3, 0.4) is 0 Å². The molecule has 4 aromatic rings. The molecule has 0 unspecified atom stereocenters. The van der Waals surface area contributed by atoms with Crippen molar-refractivity contribution in [3.63, 3.8) is 0 Å². The van der Waals surface area contributed by atoms with E-state index in [2.05, 4.69) is 65.9 Å². The third kappa shape index (κ3) is 4.25. The lowest BCUT2D eigenvalue weighted by molar-refractivity contribution is 1.09. The van der Waals surface area contributed by atoms with Gasteiger partial charge in [0.2, 0.25) is 5.13 Å². The fourth-order valence-electron chi connectivity index (χ4n) is 3.50. The zero-order valence-corrected chi connectivity index (χ0v) is 19.2. The van der Waals surface area contributed by atoms with Crippen LogP contribution >= 0.6 is 23.1 Å². The maximum absolute atomic E-state index is 4.89. The van der Waals surface area contributed by atoms with Crippen LogP contribution in [0, 0.1) is 13.8 Å². The molecule has 152 valence electrons. The minimum absolute atomic E-state index is 0.753. The molecule has 2 aromatic heterocycles. The average molecular weight is 433 g/mol. The Bertz CT molecular complexity index is 1210. The van der Waals surface area contributed by atoms with Crippen LogP contribution in [-0.2, 0) is 6.42 Å². The number of aromatic nitrogens is 2. The highest BCUT2D eigenvalue weighted by molar-refractivity contribution is 7.98. The largest absolute Gasteiger partial charge is 0.253 e. The SMILES string of the molecule is CSc1c(CC(C)=NNc2nc(-c3ccccc3)cs2)c(C)nc2c(C)cccc12. The van der Waals surface area contributed by atoms with E-state index in [-0.39, 0.29) is 0 Å². The number of thiazole rings is 1. The molecule has 2 aromatic carbocycles. The third-order valence-electron chi connectivity index (χ3n) is 5.03. The van der Waals surface area contributed by atoms with Crippen molar-refractivity contribution in [3.8, 4) is 11.3 Å². The molecule has 0 fully saturated rings. The number of fused-ring (bicyclic) bond motifs is 1. The van der Waals surface area contributed by atoms with Crippen molar-refractivity contribution in [2.75, 3.05) is 11.7 Å². The highest BCUT2D eigenvalue weighted by Crippen LogP contribution is 2.33. The molecule has 0 radical (unpaired) electrons. The van der Waals surface area contributed by atoms with Crippen molar-refractivity contribution >= 4 is 44.8 Å². The van der Waals surface area contributed by atoms with Gasteiger partial charge in [0.25, 0.3) is 0 Å². The molecule has 2 heterocycles. The number of hydrazone groups is 1. The summed E-state index contributed by atoms with van der Waals surface area (Å²) in [7, 11) is 0. The number of hydrogen-bond acceptors (Lipinski definition) is 6. The average Bonchev–Trinajstić information content (AvgIpc) is 3.23. The minimum atomic E-state index is 0.753. The molecular formula is C24H24N4S2. The van der Waals surface area contributed by atoms with Gasteiger partial charge in [-0.2, -0.15) is 5.10 Å². The van der Waals surface area contributed by atoms with E-state index >= 15 is 0 Å². The lowest BCUT2D eigenvalue weighted by Gasteiger charge is -2.15. The Hall–Kier alpha value is -2.70. The van der Waals surface area contributed by atoms with Crippen LogP contribution in [0.4, 0.5) is 5.13 Å². The maximum atomic E-state index is 4.89. The molecule has 4 nitrogen and oxygen atoms in total. The molecule has 0 aliphatic heterocycles. The van der Waals surface area contributed by atoms with Gasteiger partial charge in [0.1, 0.15) is 0 Å². The Morgan fingerprint density at radius 1 is 1.07 bits per heavy atom. The summed E-state index contributed by atoms with van der Waals surface area (Å²) in [6.07, 6.45) is 2.88. The number of hydrogen-bond donors (Lipinski definition) is 1. The van der Waals surface area contributed by atoms with Crippen LogP contribution in [0.2, 0.25) is 0 Å². The summed E-state index contributed by atoms with van der Waals surface area (Å²) in [6.45, 7) is 6.25. The molecular weight excluding hydrogens is 408 g/mol. The summed E-state index contributed by atoms with van der Waals surface area (Å²) in [5.41, 5.74) is 10.8. The lowest BCUT2D eigenvalue weighted by atomic mass is 10.0. The molecule has 6 heteroatoms. The van der Waals surface area contributed by atoms with Gasteiger partial charge in [0, 0.05) is 39.1 Å². The van der Waals surface area contributed by atoms with Gasteiger partial charge in [-0.15, -0.1) is 23.1 Å². The van der Waals surface area contributed by atoms with Crippen LogP contribution in [0.25, 0.3) is 22.2 Å². The van der Waals surface area contributed by atoms with Gasteiger partial charge in [-0.1, -0.05) is 48.5 Å². The van der Waals surface area contributed by atoms with Crippen molar-refractivity contribution < 1.29 is 0 Å². The molecule has 0 aliphatic carbocycles. The first-order valence-electron chi connectivity index (χ1n) is 9.79. The normalized spacial score (nSPS) is 11.8. The van der Waals surface area contributed by atoms with Crippen LogP contribution in [0.5, 0.6) is 0 Å². The van der Waals surface area contributed by atoms with Gasteiger partial charge >= 0.3 is 0 Å². The molecule has 0 saturated carbocycles. The number of para-hydroxylation sites is 1. The maximum Gasteiger partial charge on any atom is 0.203 e. The summed E-state index contributed by atoms with van der Waals surface area (Å²) in [6, 6.07) is 16.6. The zero-order chi connectivity index (χ0) is 21.1. The van der Waals surface area contributed by atoms with Crippen LogP contribution in [0.15, 0.2) is 63.9 Å². The first-order chi connectivity index (χ1) is 14.6. The predicted octanol–water partition coefficient (Wildman–Crippen LogP) is 6.73. The van der Waals surface area contributed by atoms with Crippen LogP contribution in [-0.4, -0.2) is 21.9 Å². The van der Waals surface area contributed by atoms with Crippen LogP contribution in [0.1, 0.15) is 23.7 Å². The van der Waals surface area contributed by atoms with Gasteiger partial charge in [0.05, 0.1) is 11.2 Å². The first-order valence-corrected chi connectivity index (χ1v) is 11.9. The summed E-state index contributed by atoms with van der Waals surface area (Å²) < 4.78 is 0. The number of aryl methyl sites for hydroxylation is 2. The zero-order valence-electron chi connectivity index (χ0n) is 17.6. The number of pyridine rings is 1. The standard InChI is InChI=1S/C24H24N4S2/c1-15-9-8-12-19-22(15)25-17(3)20(23(19)29-4)13-16(2)27-28-24-26-21(14-30-24)18-10-6-5-7-11-18/h5-12,14H,13H2,1-4H3,(H,26,28). The molecule has 30 heavy (non-hydrogen) atoms. The quantitative estimate of drug-likeness (QED) is 0.208. The van der Waals surface area contributed by atoms with Gasteiger partial charge in [-0.25, -0.2) is 4.98 Å². The second-order valence-corrected chi connectivity index (χ2v) is 8.89. The minimum Gasteiger partial charge on any atom is -0.253 e. The molecule has 0 amide bonds. The van der Waals surface area contributed by atoms with E-state index in [0.717, 1.165) is 39.7 Å². The molecule has 0 bridgehead atoms. The Morgan fingerprint density at radius 3 is 2.63 bits per heavy atom. The molecule has 0 saturated heterocycles. The van der Waals surface area contributed by atoms with Crippen molar-refractivity contribution in [2.45, 2.75) is 32.1 Å². The summed E-state index contributed by atoms with van der Waals surface area (Å²) >= 11 is 3.34. The lowest BCUT2D eigenvalue weighted by Crippen LogP contribution is -2.06. The second-order valence-electron chi connectivity index (χ2n) is 7.22. The highest BCUT2D eigenvalue weighted by atomic mass is 32.2. The van der Waals surface area contributed by atoms with Gasteiger partial charge < -0.3 is 0 Å². The summed E-state index contributed by atoms with van der Waals surface area (Å²) in [4.78, 5) is 10.8. The van der Waals surface area contributed by atoms with E-state index in [1.807, 2.05) is 30.5 Å². The first kappa shape index (κ1) is 20.6. The van der Waals surface area contributed by atoms with E-state index in [4.69, 9.17) is 4.98 Å². The fraction of sp³-hybridized carbons (Fsp3) is 0.208. The van der Waals surface area contributed by atoms with E-state index < -0.39 is 0 Å². The van der Waals surface area contributed by atoms with E-state index in [9.17, 15) is 0 Å². The summed E-state index contributed by atoms with van der Waals surface area (Å²) in [5.74, 6) is 0. The van der Waals surface area contributed by atoms with E-state index in [1.165, 1.54) is 21.4 Å². The second kappa shape index (κ2) is 8.98. The smallest absolute Gasteiger partial charge is 0.203 e. The molecule has 1 N–H and O–H groups in total. The number of anilines is 1. The molecule has 0 aliphatic rings. The Morgan fingerprint density at radius 2 is 1.87 bits per heavy atom. The van der Waals surface area contributed by atoms with Crippen molar-refractivity contribution in [1.82, 2.24) is 9.97 Å². The van der Waals surface area contributed by atoms with Gasteiger partial charge in [-0.05, 0) is 38.2 Å².